The van der Waals surface area contributed by atoms with E-state index in [9.17, 15) is 0 Å². The molecule has 2 atom stereocenters. The quantitative estimate of drug-likeness (QED) is 0.600. The van der Waals surface area contributed by atoms with Crippen LogP contribution in [0.5, 0.6) is 0 Å². The predicted octanol–water partition coefficient (Wildman–Crippen LogP) is 3.38. The predicted molar refractivity (Wildman–Crippen MR) is 104 cm³/mol. The van der Waals surface area contributed by atoms with Crippen molar-refractivity contribution in [3.63, 3.8) is 0 Å². The molecule has 0 fully saturated rings. The summed E-state index contributed by atoms with van der Waals surface area (Å²) in [6, 6.07) is 19.1. The van der Waals surface area contributed by atoms with Crippen LogP contribution in [0.15, 0.2) is 60.9 Å². The number of hydrogen-bond acceptors (Lipinski definition) is 5. The molecule has 1 N–H and O–H groups in total. The van der Waals surface area contributed by atoms with Gasteiger partial charge >= 0.3 is 0 Å². The maximum Gasteiger partial charge on any atom is 0.185 e. The molecule has 0 unspecified atom stereocenters. The Bertz CT molecular complexity index is 1020. The van der Waals surface area contributed by atoms with Gasteiger partial charge in [0.1, 0.15) is 6.33 Å². The largest absolute Gasteiger partial charge is 0.364 e. The van der Waals surface area contributed by atoms with E-state index >= 15 is 0 Å². The van der Waals surface area contributed by atoms with Crippen molar-refractivity contribution in [1.82, 2.24) is 24.7 Å². The van der Waals surface area contributed by atoms with Crippen LogP contribution in [0.2, 0.25) is 0 Å². The number of likely N-dealkylation sites (N-methyl/N-ethyl adjacent to an activating group) is 1. The van der Waals surface area contributed by atoms with Crippen LogP contribution in [0.25, 0.3) is 16.4 Å². The molecule has 0 bridgehead atoms. The van der Waals surface area contributed by atoms with Gasteiger partial charge in [0.25, 0.3) is 0 Å². The van der Waals surface area contributed by atoms with Crippen molar-refractivity contribution in [1.29, 1.82) is 0 Å². The molecule has 0 saturated carbocycles. The van der Waals surface area contributed by atoms with Crippen LogP contribution in [0.3, 0.4) is 0 Å². The topological polar surface area (TPSA) is 58.4 Å². The van der Waals surface area contributed by atoms with E-state index in [2.05, 4.69) is 77.8 Å². The maximum atomic E-state index is 4.70. The lowest BCUT2D eigenvalue weighted by molar-refractivity contribution is 0.275. The van der Waals surface area contributed by atoms with Gasteiger partial charge in [-0.15, -0.1) is 15.3 Å². The zero-order valence-corrected chi connectivity index (χ0v) is 15.2. The number of anilines is 1. The average Bonchev–Trinajstić information content (AvgIpc) is 3.11. The average molecular weight is 346 g/mol. The van der Waals surface area contributed by atoms with Crippen molar-refractivity contribution in [2.24, 2.45) is 0 Å². The lowest BCUT2D eigenvalue weighted by atomic mass is 9.99. The molecule has 26 heavy (non-hydrogen) atoms. The third kappa shape index (κ3) is 2.88. The minimum atomic E-state index is 0.150. The normalized spacial score (nSPS) is 14.0. The van der Waals surface area contributed by atoms with Crippen molar-refractivity contribution in [2.45, 2.75) is 19.0 Å². The summed E-state index contributed by atoms with van der Waals surface area (Å²) in [6.45, 7) is 2.18. The Balaban J connectivity index is 1.75. The highest BCUT2D eigenvalue weighted by molar-refractivity contribution is 5.99. The molecule has 0 aliphatic carbocycles. The number of aromatic nitrogens is 4. The second kappa shape index (κ2) is 6.72. The Morgan fingerprint density at radius 3 is 2.38 bits per heavy atom. The first-order valence-corrected chi connectivity index (χ1v) is 8.72. The number of nitrogens with one attached hydrogen (secondary N) is 1. The monoisotopic (exact) mass is 346 g/mol. The minimum Gasteiger partial charge on any atom is -0.364 e. The molecular weight excluding hydrogens is 324 g/mol. The highest BCUT2D eigenvalue weighted by atomic mass is 15.4. The van der Waals surface area contributed by atoms with Crippen molar-refractivity contribution < 1.29 is 0 Å². The van der Waals surface area contributed by atoms with E-state index in [1.54, 1.807) is 10.8 Å². The van der Waals surface area contributed by atoms with Gasteiger partial charge in [-0.05, 0) is 26.6 Å². The lowest BCUT2D eigenvalue weighted by Crippen LogP contribution is -2.34. The Hall–Kier alpha value is -2.99. The number of rotatable bonds is 5. The van der Waals surface area contributed by atoms with E-state index in [0.29, 0.717) is 0 Å². The molecule has 4 aromatic rings. The Morgan fingerprint density at radius 2 is 1.65 bits per heavy atom. The summed E-state index contributed by atoms with van der Waals surface area (Å²) in [6.07, 6.45) is 1.64. The van der Waals surface area contributed by atoms with Crippen molar-refractivity contribution in [3.8, 4) is 0 Å². The van der Waals surface area contributed by atoms with Gasteiger partial charge in [0.05, 0.1) is 6.04 Å². The van der Waals surface area contributed by atoms with Crippen LogP contribution in [-0.2, 0) is 0 Å². The fourth-order valence-electron chi connectivity index (χ4n) is 3.61. The van der Waals surface area contributed by atoms with Crippen LogP contribution in [0.1, 0.15) is 18.5 Å². The van der Waals surface area contributed by atoms with Gasteiger partial charge in [-0.25, -0.2) is 0 Å². The minimum absolute atomic E-state index is 0.150. The van der Waals surface area contributed by atoms with Crippen molar-refractivity contribution >= 4 is 22.2 Å². The van der Waals surface area contributed by atoms with E-state index in [1.165, 1.54) is 5.56 Å². The summed E-state index contributed by atoms with van der Waals surface area (Å²) in [4.78, 5) is 2.23. The van der Waals surface area contributed by atoms with Crippen LogP contribution in [-0.4, -0.2) is 44.8 Å². The Kier molecular flexibility index (Phi) is 4.26. The number of nitrogens with zero attached hydrogens (tertiary/aromatic N) is 5. The molecule has 4 rings (SSSR count). The standard InChI is InChI=1S/C20H22N6/c1-14(18(25(2)3)15-9-5-4-6-10-15)22-19-16-11-7-8-12-17(16)20-23-21-13-26(20)24-19/h4-14,18H,1-3H3,(H,22,24)/t14-,18+/m0/s1. The highest BCUT2D eigenvalue weighted by Gasteiger charge is 2.23. The van der Waals surface area contributed by atoms with E-state index in [1.807, 2.05) is 18.2 Å². The summed E-state index contributed by atoms with van der Waals surface area (Å²) in [5.41, 5.74) is 2.04. The maximum absolute atomic E-state index is 4.70. The van der Waals surface area contributed by atoms with Crippen LogP contribution in [0, 0.1) is 0 Å². The van der Waals surface area contributed by atoms with Crippen LogP contribution >= 0.6 is 0 Å². The Labute approximate surface area is 152 Å². The first-order valence-electron chi connectivity index (χ1n) is 8.72. The molecule has 132 valence electrons. The first-order chi connectivity index (χ1) is 12.6. The summed E-state index contributed by atoms with van der Waals surface area (Å²) in [5.74, 6) is 0.836. The number of hydrogen-bond donors (Lipinski definition) is 1. The first kappa shape index (κ1) is 16.5. The van der Waals surface area contributed by atoms with Crippen molar-refractivity contribution in [3.05, 3.63) is 66.5 Å². The van der Waals surface area contributed by atoms with E-state index in [0.717, 1.165) is 22.2 Å². The SMILES string of the molecule is C[C@H](Nc1nn2cnnc2c2ccccc12)[C@H](c1ccccc1)N(C)C. The molecule has 2 aromatic carbocycles. The van der Waals surface area contributed by atoms with E-state index in [-0.39, 0.29) is 12.1 Å². The third-order valence-corrected chi connectivity index (χ3v) is 4.70. The molecule has 0 aliphatic heterocycles. The van der Waals surface area contributed by atoms with E-state index in [4.69, 9.17) is 5.10 Å². The molecule has 6 nitrogen and oxygen atoms in total. The van der Waals surface area contributed by atoms with Gasteiger partial charge in [0.15, 0.2) is 11.5 Å². The molecule has 0 radical (unpaired) electrons. The van der Waals surface area contributed by atoms with Crippen LogP contribution < -0.4 is 5.32 Å². The third-order valence-electron chi connectivity index (χ3n) is 4.70. The van der Waals surface area contributed by atoms with Crippen LogP contribution in [0.4, 0.5) is 5.82 Å². The molecule has 6 heteroatoms. The summed E-state index contributed by atoms with van der Waals surface area (Å²) in [7, 11) is 4.20. The zero-order valence-electron chi connectivity index (χ0n) is 15.2. The molecule has 2 aromatic heterocycles. The fourth-order valence-corrected chi connectivity index (χ4v) is 3.61. The van der Waals surface area contributed by atoms with Gasteiger partial charge in [-0.1, -0.05) is 54.6 Å². The van der Waals surface area contributed by atoms with Crippen molar-refractivity contribution in [2.75, 3.05) is 19.4 Å². The highest BCUT2D eigenvalue weighted by Crippen LogP contribution is 2.28. The second-order valence-electron chi connectivity index (χ2n) is 6.75. The summed E-state index contributed by atoms with van der Waals surface area (Å²) < 4.78 is 1.73. The lowest BCUT2D eigenvalue weighted by Gasteiger charge is -2.31. The summed E-state index contributed by atoms with van der Waals surface area (Å²) >= 11 is 0. The fraction of sp³-hybridized carbons (Fsp3) is 0.250. The summed E-state index contributed by atoms with van der Waals surface area (Å²) in [5, 5.41) is 18.6. The van der Waals surface area contributed by atoms with Gasteiger partial charge < -0.3 is 10.2 Å². The van der Waals surface area contributed by atoms with Gasteiger partial charge in [0, 0.05) is 16.8 Å². The molecule has 0 amide bonds. The van der Waals surface area contributed by atoms with Gasteiger partial charge in [-0.2, -0.15) is 4.52 Å². The molecule has 2 heterocycles. The van der Waals surface area contributed by atoms with Gasteiger partial charge in [-0.3, -0.25) is 0 Å². The molecule has 0 spiro atoms. The second-order valence-corrected chi connectivity index (χ2v) is 6.75. The molecular formula is C20H22N6. The van der Waals surface area contributed by atoms with E-state index < -0.39 is 0 Å². The Morgan fingerprint density at radius 1 is 0.962 bits per heavy atom. The zero-order chi connectivity index (χ0) is 18.1. The smallest absolute Gasteiger partial charge is 0.185 e. The van der Waals surface area contributed by atoms with Gasteiger partial charge in [0.2, 0.25) is 0 Å². The number of benzene rings is 2. The molecule has 0 saturated heterocycles. The number of fused-ring (bicyclic) bond motifs is 3. The molecule has 0 aliphatic rings.